The predicted octanol–water partition coefficient (Wildman–Crippen LogP) is 2.32. The van der Waals surface area contributed by atoms with Crippen LogP contribution in [0.3, 0.4) is 0 Å². The van der Waals surface area contributed by atoms with Crippen LogP contribution in [-0.2, 0) is 9.59 Å². The number of amides is 2. The first kappa shape index (κ1) is 19.1. The Balaban J connectivity index is 1.45. The van der Waals surface area contributed by atoms with E-state index in [1.807, 2.05) is 52.3 Å². The highest BCUT2D eigenvalue weighted by molar-refractivity contribution is 5.86. The van der Waals surface area contributed by atoms with E-state index in [0.29, 0.717) is 25.4 Å². The largest absolute Gasteiger partial charge is 0.477 e. The van der Waals surface area contributed by atoms with E-state index < -0.39 is 6.10 Å². The van der Waals surface area contributed by atoms with Gasteiger partial charge in [-0.25, -0.2) is 0 Å². The Hall–Kier alpha value is -3.28. The Morgan fingerprint density at radius 1 is 1.10 bits per heavy atom. The Bertz CT molecular complexity index is 926. The summed E-state index contributed by atoms with van der Waals surface area (Å²) in [5.41, 5.74) is 3.35. The van der Waals surface area contributed by atoms with Gasteiger partial charge in [0, 0.05) is 20.1 Å². The molecule has 6 heteroatoms. The number of likely N-dealkylation sites (N-methyl/N-ethyl adjacent to an activating group) is 1. The molecule has 1 atom stereocenters. The SMILES string of the molecule is CNC(=O)[C@H]1CN(CC(=O)N2CC=C(c3ccccc3)CC2)c2ccccc2O1. The maximum absolute atomic E-state index is 13.0. The topological polar surface area (TPSA) is 61.9 Å². The molecule has 150 valence electrons. The summed E-state index contributed by atoms with van der Waals surface area (Å²) in [6.07, 6.45) is 2.35. The van der Waals surface area contributed by atoms with Gasteiger partial charge in [0.25, 0.3) is 5.91 Å². The fourth-order valence-corrected chi connectivity index (χ4v) is 3.83. The molecule has 0 saturated heterocycles. The molecule has 2 heterocycles. The van der Waals surface area contributed by atoms with Crippen LogP contribution in [0.15, 0.2) is 60.7 Å². The van der Waals surface area contributed by atoms with E-state index in [9.17, 15) is 9.59 Å². The van der Waals surface area contributed by atoms with Gasteiger partial charge in [-0.15, -0.1) is 0 Å². The summed E-state index contributed by atoms with van der Waals surface area (Å²) in [5.74, 6) is 0.496. The lowest BCUT2D eigenvalue weighted by Crippen LogP contribution is -2.51. The summed E-state index contributed by atoms with van der Waals surface area (Å²) in [6.45, 7) is 1.88. The first-order valence-electron chi connectivity index (χ1n) is 9.90. The highest BCUT2D eigenvalue weighted by Crippen LogP contribution is 2.33. The van der Waals surface area contributed by atoms with Crippen LogP contribution in [0.4, 0.5) is 5.69 Å². The van der Waals surface area contributed by atoms with Crippen LogP contribution >= 0.6 is 0 Å². The molecule has 0 fully saturated rings. The number of nitrogens with zero attached hydrogens (tertiary/aromatic N) is 2. The fraction of sp³-hybridized carbons (Fsp3) is 0.304. The Kier molecular flexibility index (Phi) is 5.51. The second-order valence-corrected chi connectivity index (χ2v) is 7.25. The van der Waals surface area contributed by atoms with Crippen LogP contribution in [0.1, 0.15) is 12.0 Å². The number of hydrogen-bond donors (Lipinski definition) is 1. The molecule has 2 aliphatic heterocycles. The Labute approximate surface area is 170 Å². The van der Waals surface area contributed by atoms with E-state index in [4.69, 9.17) is 4.74 Å². The number of hydrogen-bond acceptors (Lipinski definition) is 4. The number of carbonyl (C=O) groups excluding carboxylic acids is 2. The van der Waals surface area contributed by atoms with Crippen molar-refractivity contribution < 1.29 is 14.3 Å². The summed E-state index contributed by atoms with van der Waals surface area (Å²) < 4.78 is 5.82. The van der Waals surface area contributed by atoms with Crippen LogP contribution in [0.2, 0.25) is 0 Å². The normalized spacial score (nSPS) is 18.4. The molecule has 1 N–H and O–H groups in total. The number of carbonyl (C=O) groups is 2. The zero-order valence-corrected chi connectivity index (χ0v) is 16.5. The van der Waals surface area contributed by atoms with E-state index in [-0.39, 0.29) is 18.4 Å². The lowest BCUT2D eigenvalue weighted by atomic mass is 9.99. The third-order valence-corrected chi connectivity index (χ3v) is 5.43. The number of ether oxygens (including phenoxy) is 1. The number of fused-ring (bicyclic) bond motifs is 1. The molecule has 2 aromatic carbocycles. The van der Waals surface area contributed by atoms with E-state index in [1.54, 1.807) is 7.05 Å². The van der Waals surface area contributed by atoms with Gasteiger partial charge in [-0.3, -0.25) is 9.59 Å². The summed E-state index contributed by atoms with van der Waals surface area (Å²) in [7, 11) is 1.59. The van der Waals surface area contributed by atoms with Gasteiger partial charge >= 0.3 is 0 Å². The molecule has 0 radical (unpaired) electrons. The summed E-state index contributed by atoms with van der Waals surface area (Å²) in [5, 5.41) is 2.63. The monoisotopic (exact) mass is 391 g/mol. The second kappa shape index (κ2) is 8.39. The molecule has 0 unspecified atom stereocenters. The zero-order valence-electron chi connectivity index (χ0n) is 16.5. The van der Waals surface area contributed by atoms with Crippen molar-refractivity contribution in [3.63, 3.8) is 0 Å². The smallest absolute Gasteiger partial charge is 0.262 e. The minimum absolute atomic E-state index is 0.0562. The van der Waals surface area contributed by atoms with Crippen molar-refractivity contribution in [2.24, 2.45) is 0 Å². The molecule has 2 amide bonds. The van der Waals surface area contributed by atoms with Gasteiger partial charge in [0.2, 0.25) is 5.91 Å². The van der Waals surface area contributed by atoms with Crippen molar-refractivity contribution in [1.29, 1.82) is 0 Å². The lowest BCUT2D eigenvalue weighted by molar-refractivity contribution is -0.130. The molecular formula is C23H25N3O3. The third-order valence-electron chi connectivity index (χ3n) is 5.43. The molecule has 0 saturated carbocycles. The van der Waals surface area contributed by atoms with Crippen LogP contribution in [0.25, 0.3) is 5.57 Å². The lowest BCUT2D eigenvalue weighted by Gasteiger charge is -2.36. The van der Waals surface area contributed by atoms with Crippen LogP contribution in [0, 0.1) is 0 Å². The van der Waals surface area contributed by atoms with Gasteiger partial charge in [-0.1, -0.05) is 48.5 Å². The van der Waals surface area contributed by atoms with E-state index in [1.165, 1.54) is 11.1 Å². The summed E-state index contributed by atoms with van der Waals surface area (Å²) in [4.78, 5) is 28.9. The highest BCUT2D eigenvalue weighted by atomic mass is 16.5. The molecule has 4 rings (SSSR count). The van der Waals surface area contributed by atoms with Crippen molar-refractivity contribution in [2.45, 2.75) is 12.5 Å². The minimum Gasteiger partial charge on any atom is -0.477 e. The second-order valence-electron chi connectivity index (χ2n) is 7.25. The first-order valence-corrected chi connectivity index (χ1v) is 9.90. The molecular weight excluding hydrogens is 366 g/mol. The molecule has 0 aliphatic carbocycles. The molecule has 2 aliphatic rings. The van der Waals surface area contributed by atoms with Crippen molar-refractivity contribution in [3.05, 3.63) is 66.2 Å². The molecule has 29 heavy (non-hydrogen) atoms. The van der Waals surface area contributed by atoms with Crippen LogP contribution in [-0.4, -0.2) is 56.0 Å². The van der Waals surface area contributed by atoms with Gasteiger partial charge in [0.15, 0.2) is 6.10 Å². The third kappa shape index (κ3) is 4.11. The van der Waals surface area contributed by atoms with E-state index in [0.717, 1.165) is 12.1 Å². The van der Waals surface area contributed by atoms with Crippen molar-refractivity contribution >= 4 is 23.1 Å². The van der Waals surface area contributed by atoms with Gasteiger partial charge in [0.1, 0.15) is 5.75 Å². The quantitative estimate of drug-likeness (QED) is 0.869. The minimum atomic E-state index is -0.631. The molecule has 6 nitrogen and oxygen atoms in total. The number of rotatable bonds is 4. The molecule has 0 bridgehead atoms. The number of para-hydroxylation sites is 2. The molecule has 2 aromatic rings. The van der Waals surface area contributed by atoms with Gasteiger partial charge < -0.3 is 19.9 Å². The number of anilines is 1. The van der Waals surface area contributed by atoms with Gasteiger partial charge in [-0.05, 0) is 29.7 Å². The molecule has 0 aromatic heterocycles. The summed E-state index contributed by atoms with van der Waals surface area (Å²) in [6, 6.07) is 17.8. The predicted molar refractivity (Wildman–Crippen MR) is 113 cm³/mol. The summed E-state index contributed by atoms with van der Waals surface area (Å²) >= 11 is 0. The number of nitrogens with one attached hydrogen (secondary N) is 1. The van der Waals surface area contributed by atoms with E-state index >= 15 is 0 Å². The van der Waals surface area contributed by atoms with Crippen molar-refractivity contribution in [1.82, 2.24) is 10.2 Å². The highest BCUT2D eigenvalue weighted by Gasteiger charge is 2.32. The zero-order chi connectivity index (χ0) is 20.2. The Morgan fingerprint density at radius 3 is 2.59 bits per heavy atom. The maximum Gasteiger partial charge on any atom is 0.262 e. The Morgan fingerprint density at radius 2 is 1.86 bits per heavy atom. The van der Waals surface area contributed by atoms with Crippen LogP contribution < -0.4 is 15.0 Å². The maximum atomic E-state index is 13.0. The van der Waals surface area contributed by atoms with Crippen molar-refractivity contribution in [2.75, 3.05) is 38.1 Å². The van der Waals surface area contributed by atoms with Gasteiger partial charge in [0.05, 0.1) is 18.8 Å². The standard InChI is InChI=1S/C23H25N3O3/c1-24-23(28)21-15-26(19-9-5-6-10-20(19)29-21)16-22(27)25-13-11-18(12-14-25)17-7-3-2-4-8-17/h2-11,21H,12-16H2,1H3,(H,24,28)/t21-/m1/s1. The van der Waals surface area contributed by atoms with E-state index in [2.05, 4.69) is 23.5 Å². The first-order chi connectivity index (χ1) is 14.2. The fourth-order valence-electron chi connectivity index (χ4n) is 3.83. The average Bonchev–Trinajstić information content (AvgIpc) is 2.79. The molecule has 0 spiro atoms. The van der Waals surface area contributed by atoms with Crippen LogP contribution in [0.5, 0.6) is 5.75 Å². The average molecular weight is 391 g/mol. The number of benzene rings is 2. The van der Waals surface area contributed by atoms with Gasteiger partial charge in [-0.2, -0.15) is 0 Å². The van der Waals surface area contributed by atoms with Crippen molar-refractivity contribution in [3.8, 4) is 5.75 Å².